The predicted octanol–water partition coefficient (Wildman–Crippen LogP) is 4.91. The molecule has 12 heteroatoms. The van der Waals surface area contributed by atoms with Crippen molar-refractivity contribution in [3.05, 3.63) is 86.3 Å². The number of carbonyl (C=O) groups excluding carboxylic acids is 3. The van der Waals surface area contributed by atoms with Gasteiger partial charge in [0, 0.05) is 35.0 Å². The summed E-state index contributed by atoms with van der Waals surface area (Å²) in [5.41, 5.74) is 3.70. The van der Waals surface area contributed by atoms with Crippen LogP contribution in [0.5, 0.6) is 0 Å². The van der Waals surface area contributed by atoms with E-state index in [1.54, 1.807) is 23.6 Å². The molecule has 0 unspecified atom stereocenters. The summed E-state index contributed by atoms with van der Waals surface area (Å²) in [6, 6.07) is 11.0. The van der Waals surface area contributed by atoms with E-state index in [9.17, 15) is 27.6 Å². The van der Waals surface area contributed by atoms with Crippen molar-refractivity contribution < 1.29 is 27.6 Å². The first kappa shape index (κ1) is 25.6. The Hall–Kier alpha value is -3.44. The number of nitrogens with one attached hydrogen (secondary N) is 2. The van der Waals surface area contributed by atoms with E-state index < -0.39 is 29.5 Å². The van der Waals surface area contributed by atoms with Crippen molar-refractivity contribution in [3.63, 3.8) is 0 Å². The average molecular weight is 537 g/mol. The summed E-state index contributed by atoms with van der Waals surface area (Å²) < 4.78 is 39.9. The summed E-state index contributed by atoms with van der Waals surface area (Å²) in [6.07, 6.45) is -3.62. The number of amides is 3. The minimum atomic E-state index is -4.62. The summed E-state index contributed by atoms with van der Waals surface area (Å²) in [6.45, 7) is 0.541. The number of piperidine rings is 1. The van der Waals surface area contributed by atoms with E-state index in [0.29, 0.717) is 22.9 Å². The van der Waals surface area contributed by atoms with Gasteiger partial charge in [-0.2, -0.15) is 13.2 Å². The van der Waals surface area contributed by atoms with E-state index in [2.05, 4.69) is 15.8 Å². The highest BCUT2D eigenvalue weighted by molar-refractivity contribution is 7.09. The molecule has 1 aliphatic heterocycles. The molecule has 0 atom stereocenters. The minimum Gasteiger partial charge on any atom is -0.339 e. The number of hydrazine groups is 1. The maximum Gasteiger partial charge on any atom is 0.417 e. The van der Waals surface area contributed by atoms with Gasteiger partial charge in [0.1, 0.15) is 5.69 Å². The molecule has 188 valence electrons. The van der Waals surface area contributed by atoms with Gasteiger partial charge in [-0.15, -0.1) is 11.3 Å². The molecule has 2 aromatic carbocycles. The van der Waals surface area contributed by atoms with Crippen LogP contribution in [0.3, 0.4) is 0 Å². The Kier molecular flexibility index (Phi) is 7.60. The normalized spacial score (nSPS) is 14.4. The summed E-state index contributed by atoms with van der Waals surface area (Å²) in [4.78, 5) is 43.1. The number of likely N-dealkylation sites (tertiary alicyclic amines) is 1. The monoisotopic (exact) mass is 536 g/mol. The lowest BCUT2D eigenvalue weighted by Gasteiger charge is -2.31. The lowest BCUT2D eigenvalue weighted by atomic mass is 9.96. The smallest absolute Gasteiger partial charge is 0.339 e. The fraction of sp³-hybridized carbons (Fsp3) is 0.250. The molecule has 3 amide bonds. The SMILES string of the molecule is O=C(NNC(=O)c1csc(C2CCN(C(=O)c3ccccc3C(F)(F)F)CC2)n1)c1cccc(Cl)c1. The van der Waals surface area contributed by atoms with Crippen LogP contribution in [0.15, 0.2) is 53.9 Å². The lowest BCUT2D eigenvalue weighted by Crippen LogP contribution is -2.41. The molecular formula is C24H20ClF3N4O3S. The van der Waals surface area contributed by atoms with Crippen molar-refractivity contribution in [2.45, 2.75) is 24.9 Å². The molecule has 1 aromatic heterocycles. The number of hydrogen-bond donors (Lipinski definition) is 2. The van der Waals surface area contributed by atoms with Gasteiger partial charge in [-0.25, -0.2) is 4.98 Å². The number of alkyl halides is 3. The number of hydrogen-bond acceptors (Lipinski definition) is 5. The summed E-state index contributed by atoms with van der Waals surface area (Å²) in [5.74, 6) is -1.83. The van der Waals surface area contributed by atoms with Crippen LogP contribution in [-0.2, 0) is 6.18 Å². The lowest BCUT2D eigenvalue weighted by molar-refractivity contribution is -0.138. The number of thiazole rings is 1. The van der Waals surface area contributed by atoms with Crippen LogP contribution in [0, 0.1) is 0 Å². The number of benzene rings is 2. The molecule has 0 aliphatic carbocycles. The quantitative estimate of drug-likeness (QED) is 0.464. The van der Waals surface area contributed by atoms with Crippen LogP contribution in [0.1, 0.15) is 60.5 Å². The van der Waals surface area contributed by atoms with Crippen molar-refractivity contribution in [2.75, 3.05) is 13.1 Å². The molecule has 2 N–H and O–H groups in total. The molecule has 1 fully saturated rings. The van der Waals surface area contributed by atoms with Crippen LogP contribution >= 0.6 is 22.9 Å². The Balaban J connectivity index is 1.33. The maximum absolute atomic E-state index is 13.3. The third kappa shape index (κ3) is 5.85. The fourth-order valence-corrected chi connectivity index (χ4v) is 5.04. The standard InChI is InChI=1S/C24H20ClF3N4O3S/c25-16-5-3-4-15(12-16)20(33)30-31-21(34)19-13-36-22(29-19)14-8-10-32(11-9-14)23(35)17-6-1-2-7-18(17)24(26,27)28/h1-7,12-14H,8-11H2,(H,30,33)(H,31,34). The topological polar surface area (TPSA) is 91.4 Å². The molecule has 0 spiro atoms. The highest BCUT2D eigenvalue weighted by Crippen LogP contribution is 2.34. The molecule has 36 heavy (non-hydrogen) atoms. The predicted molar refractivity (Wildman–Crippen MR) is 128 cm³/mol. The van der Waals surface area contributed by atoms with Gasteiger partial charge >= 0.3 is 6.18 Å². The minimum absolute atomic E-state index is 0.0421. The van der Waals surface area contributed by atoms with E-state index in [0.717, 1.165) is 6.07 Å². The van der Waals surface area contributed by atoms with Gasteiger partial charge in [0.15, 0.2) is 0 Å². The van der Waals surface area contributed by atoms with Crippen molar-refractivity contribution in [2.24, 2.45) is 0 Å². The third-order valence-corrected chi connectivity index (χ3v) is 6.97. The number of rotatable bonds is 4. The van der Waals surface area contributed by atoms with E-state index in [-0.39, 0.29) is 35.8 Å². The highest BCUT2D eigenvalue weighted by atomic mass is 35.5. The zero-order valence-electron chi connectivity index (χ0n) is 18.6. The second-order valence-corrected chi connectivity index (χ2v) is 9.43. The van der Waals surface area contributed by atoms with Gasteiger partial charge in [0.05, 0.1) is 16.1 Å². The molecule has 1 aliphatic rings. The van der Waals surface area contributed by atoms with Gasteiger partial charge in [0.2, 0.25) is 0 Å². The maximum atomic E-state index is 13.3. The number of nitrogens with zero attached hydrogens (tertiary/aromatic N) is 2. The Bertz CT molecular complexity index is 1290. The summed E-state index contributed by atoms with van der Waals surface area (Å²) >= 11 is 7.14. The van der Waals surface area contributed by atoms with Crippen LogP contribution in [0.2, 0.25) is 5.02 Å². The summed E-state index contributed by atoms with van der Waals surface area (Å²) in [7, 11) is 0. The van der Waals surface area contributed by atoms with Crippen molar-refractivity contribution in [3.8, 4) is 0 Å². The van der Waals surface area contributed by atoms with Gasteiger partial charge in [-0.05, 0) is 43.2 Å². The van der Waals surface area contributed by atoms with Gasteiger partial charge in [-0.1, -0.05) is 29.8 Å². The van der Waals surface area contributed by atoms with Gasteiger partial charge in [0.25, 0.3) is 17.7 Å². The van der Waals surface area contributed by atoms with Crippen LogP contribution in [-0.4, -0.2) is 40.7 Å². The number of halogens is 4. The number of aromatic nitrogens is 1. The Morgan fingerprint density at radius 3 is 2.39 bits per heavy atom. The number of carbonyl (C=O) groups is 3. The first-order valence-corrected chi connectivity index (χ1v) is 12.2. The second kappa shape index (κ2) is 10.7. The van der Waals surface area contributed by atoms with Crippen molar-refractivity contribution in [1.29, 1.82) is 0 Å². The van der Waals surface area contributed by atoms with E-state index >= 15 is 0 Å². The molecule has 2 heterocycles. The largest absolute Gasteiger partial charge is 0.417 e. The van der Waals surface area contributed by atoms with E-state index in [4.69, 9.17) is 11.6 Å². The summed E-state index contributed by atoms with van der Waals surface area (Å²) in [5, 5.41) is 2.63. The van der Waals surface area contributed by atoms with Crippen molar-refractivity contribution >= 4 is 40.7 Å². The Labute approximate surface area is 213 Å². The first-order chi connectivity index (χ1) is 17.1. The van der Waals surface area contributed by atoms with Gasteiger partial charge < -0.3 is 4.90 Å². The van der Waals surface area contributed by atoms with Crippen molar-refractivity contribution in [1.82, 2.24) is 20.7 Å². The van der Waals surface area contributed by atoms with E-state index in [1.165, 1.54) is 40.5 Å². The molecule has 3 aromatic rings. The molecular weight excluding hydrogens is 517 g/mol. The first-order valence-electron chi connectivity index (χ1n) is 10.9. The van der Waals surface area contributed by atoms with Crippen LogP contribution in [0.25, 0.3) is 0 Å². The molecule has 0 saturated carbocycles. The van der Waals surface area contributed by atoms with Crippen LogP contribution < -0.4 is 10.9 Å². The second-order valence-electron chi connectivity index (χ2n) is 8.10. The average Bonchev–Trinajstić information content (AvgIpc) is 3.37. The molecule has 0 radical (unpaired) electrons. The van der Waals surface area contributed by atoms with Crippen LogP contribution in [0.4, 0.5) is 13.2 Å². The molecule has 4 rings (SSSR count). The zero-order valence-corrected chi connectivity index (χ0v) is 20.2. The third-order valence-electron chi connectivity index (χ3n) is 5.73. The van der Waals surface area contributed by atoms with E-state index in [1.807, 2.05) is 0 Å². The molecule has 1 saturated heterocycles. The highest BCUT2D eigenvalue weighted by Gasteiger charge is 2.36. The molecule has 0 bridgehead atoms. The Morgan fingerprint density at radius 2 is 1.69 bits per heavy atom. The zero-order chi connectivity index (χ0) is 25.9. The Morgan fingerprint density at radius 1 is 1.00 bits per heavy atom. The molecule has 7 nitrogen and oxygen atoms in total. The fourth-order valence-electron chi connectivity index (χ4n) is 3.88. The van der Waals surface area contributed by atoms with Gasteiger partial charge in [-0.3, -0.25) is 25.2 Å².